The van der Waals surface area contributed by atoms with Crippen molar-refractivity contribution in [1.82, 2.24) is 0 Å². The standard InChI is InChI=1S/C13H16O4/c1-8-3-5-10(6-4-8)7-11(13(16)17)9(2)12(14)15/h3-6,9,11H,7H2,1-2H3,(H,14,15)(H,16,17)/t9-,11-/m0/s1. The molecule has 4 nitrogen and oxygen atoms in total. The largest absolute Gasteiger partial charge is 0.481 e. The summed E-state index contributed by atoms with van der Waals surface area (Å²) in [5.74, 6) is -3.94. The number of aryl methyl sites for hydroxylation is 1. The summed E-state index contributed by atoms with van der Waals surface area (Å²) in [4.78, 5) is 21.9. The van der Waals surface area contributed by atoms with Crippen molar-refractivity contribution in [2.75, 3.05) is 0 Å². The topological polar surface area (TPSA) is 74.6 Å². The highest BCUT2D eigenvalue weighted by atomic mass is 16.4. The van der Waals surface area contributed by atoms with E-state index in [1.807, 2.05) is 31.2 Å². The smallest absolute Gasteiger partial charge is 0.307 e. The van der Waals surface area contributed by atoms with Crippen LogP contribution in [0, 0.1) is 18.8 Å². The molecule has 2 N–H and O–H groups in total. The molecule has 0 radical (unpaired) electrons. The highest BCUT2D eigenvalue weighted by Gasteiger charge is 2.29. The molecule has 17 heavy (non-hydrogen) atoms. The van der Waals surface area contributed by atoms with Gasteiger partial charge >= 0.3 is 11.9 Å². The van der Waals surface area contributed by atoms with Crippen molar-refractivity contribution in [3.63, 3.8) is 0 Å². The van der Waals surface area contributed by atoms with E-state index in [1.54, 1.807) is 0 Å². The van der Waals surface area contributed by atoms with E-state index >= 15 is 0 Å². The summed E-state index contributed by atoms with van der Waals surface area (Å²) in [5, 5.41) is 17.9. The average molecular weight is 236 g/mol. The van der Waals surface area contributed by atoms with Gasteiger partial charge in [-0.1, -0.05) is 36.8 Å². The lowest BCUT2D eigenvalue weighted by Crippen LogP contribution is -2.29. The SMILES string of the molecule is Cc1ccc(C[C@H](C(=O)O)[C@H](C)C(=O)O)cc1. The van der Waals surface area contributed by atoms with Crippen molar-refractivity contribution in [3.8, 4) is 0 Å². The molecule has 0 unspecified atom stereocenters. The zero-order valence-corrected chi connectivity index (χ0v) is 9.88. The van der Waals surface area contributed by atoms with Gasteiger partial charge in [0.2, 0.25) is 0 Å². The normalized spacial score (nSPS) is 14.0. The fourth-order valence-electron chi connectivity index (χ4n) is 1.63. The van der Waals surface area contributed by atoms with Crippen molar-refractivity contribution < 1.29 is 19.8 Å². The molecule has 0 aliphatic heterocycles. The van der Waals surface area contributed by atoms with Crippen LogP contribution in [-0.2, 0) is 16.0 Å². The van der Waals surface area contributed by atoms with E-state index in [0.29, 0.717) is 0 Å². The summed E-state index contributed by atoms with van der Waals surface area (Å²) in [7, 11) is 0. The molecule has 0 amide bonds. The number of hydrogen-bond donors (Lipinski definition) is 2. The number of benzene rings is 1. The Hall–Kier alpha value is -1.84. The summed E-state index contributed by atoms with van der Waals surface area (Å²) in [6.45, 7) is 3.37. The summed E-state index contributed by atoms with van der Waals surface area (Å²) in [5.41, 5.74) is 1.93. The highest BCUT2D eigenvalue weighted by Crippen LogP contribution is 2.18. The van der Waals surface area contributed by atoms with Gasteiger partial charge in [0.15, 0.2) is 0 Å². The second kappa shape index (κ2) is 5.48. The Balaban J connectivity index is 2.84. The van der Waals surface area contributed by atoms with Gasteiger partial charge in [0.1, 0.15) is 0 Å². The molecular weight excluding hydrogens is 220 g/mol. The van der Waals surface area contributed by atoms with Gasteiger partial charge in [-0.2, -0.15) is 0 Å². The van der Waals surface area contributed by atoms with Gasteiger partial charge in [0.05, 0.1) is 11.8 Å². The van der Waals surface area contributed by atoms with E-state index in [2.05, 4.69) is 0 Å². The third kappa shape index (κ3) is 3.59. The maximum Gasteiger partial charge on any atom is 0.307 e. The summed E-state index contributed by atoms with van der Waals surface area (Å²) >= 11 is 0. The zero-order valence-electron chi connectivity index (χ0n) is 9.88. The van der Waals surface area contributed by atoms with E-state index in [1.165, 1.54) is 6.92 Å². The molecule has 0 fully saturated rings. The molecule has 0 aromatic heterocycles. The Morgan fingerprint density at radius 2 is 1.65 bits per heavy atom. The lowest BCUT2D eigenvalue weighted by atomic mass is 9.88. The summed E-state index contributed by atoms with van der Waals surface area (Å²) in [6, 6.07) is 7.44. The molecule has 2 atom stereocenters. The van der Waals surface area contributed by atoms with Gasteiger partial charge in [0.25, 0.3) is 0 Å². The molecule has 0 aliphatic carbocycles. The van der Waals surface area contributed by atoms with Crippen LogP contribution in [0.3, 0.4) is 0 Å². The van der Waals surface area contributed by atoms with Crippen LogP contribution in [0.15, 0.2) is 24.3 Å². The minimum atomic E-state index is -1.08. The van der Waals surface area contributed by atoms with Crippen LogP contribution in [0.2, 0.25) is 0 Å². The van der Waals surface area contributed by atoms with E-state index in [0.717, 1.165) is 11.1 Å². The maximum absolute atomic E-state index is 11.1. The van der Waals surface area contributed by atoms with Crippen LogP contribution in [0.25, 0.3) is 0 Å². The summed E-state index contributed by atoms with van der Waals surface area (Å²) in [6.07, 6.45) is 0.239. The average Bonchev–Trinajstić information content (AvgIpc) is 2.26. The molecule has 0 saturated heterocycles. The molecule has 0 saturated carbocycles. The molecule has 1 aromatic carbocycles. The van der Waals surface area contributed by atoms with Crippen LogP contribution in [0.5, 0.6) is 0 Å². The van der Waals surface area contributed by atoms with Gasteiger partial charge in [-0.25, -0.2) is 0 Å². The van der Waals surface area contributed by atoms with Gasteiger partial charge in [0, 0.05) is 0 Å². The Labute approximate surface area is 99.9 Å². The van der Waals surface area contributed by atoms with Gasteiger partial charge in [-0.3, -0.25) is 9.59 Å². The first-order valence-electron chi connectivity index (χ1n) is 5.43. The first kappa shape index (κ1) is 13.2. The van der Waals surface area contributed by atoms with Crippen LogP contribution in [0.1, 0.15) is 18.1 Å². The van der Waals surface area contributed by atoms with Crippen molar-refractivity contribution in [2.45, 2.75) is 20.3 Å². The third-order valence-electron chi connectivity index (χ3n) is 2.89. The van der Waals surface area contributed by atoms with Crippen LogP contribution < -0.4 is 0 Å². The number of rotatable bonds is 5. The molecule has 1 aromatic rings. The number of carbonyl (C=O) groups is 2. The molecule has 0 spiro atoms. The fraction of sp³-hybridized carbons (Fsp3) is 0.385. The number of hydrogen-bond acceptors (Lipinski definition) is 2. The van der Waals surface area contributed by atoms with Gasteiger partial charge < -0.3 is 10.2 Å². The predicted molar refractivity (Wildman–Crippen MR) is 62.8 cm³/mol. The maximum atomic E-state index is 11.1. The van der Waals surface area contributed by atoms with Crippen LogP contribution in [0.4, 0.5) is 0 Å². The van der Waals surface area contributed by atoms with Crippen molar-refractivity contribution in [3.05, 3.63) is 35.4 Å². The Kier molecular flexibility index (Phi) is 4.26. The van der Waals surface area contributed by atoms with E-state index in [9.17, 15) is 9.59 Å². The van der Waals surface area contributed by atoms with E-state index < -0.39 is 23.8 Å². The minimum absolute atomic E-state index is 0.239. The lowest BCUT2D eigenvalue weighted by molar-refractivity contribution is -0.152. The Morgan fingerprint density at radius 3 is 2.06 bits per heavy atom. The summed E-state index contributed by atoms with van der Waals surface area (Å²) < 4.78 is 0. The van der Waals surface area contributed by atoms with Crippen LogP contribution in [-0.4, -0.2) is 22.2 Å². The molecule has 92 valence electrons. The quantitative estimate of drug-likeness (QED) is 0.819. The lowest BCUT2D eigenvalue weighted by Gasteiger charge is -2.16. The minimum Gasteiger partial charge on any atom is -0.481 e. The molecule has 4 heteroatoms. The molecule has 0 bridgehead atoms. The Morgan fingerprint density at radius 1 is 1.12 bits per heavy atom. The van der Waals surface area contributed by atoms with Crippen molar-refractivity contribution in [1.29, 1.82) is 0 Å². The van der Waals surface area contributed by atoms with Gasteiger partial charge in [-0.15, -0.1) is 0 Å². The number of carboxylic acid groups (broad SMARTS) is 2. The molecular formula is C13H16O4. The van der Waals surface area contributed by atoms with Crippen molar-refractivity contribution >= 4 is 11.9 Å². The van der Waals surface area contributed by atoms with E-state index in [4.69, 9.17) is 10.2 Å². The molecule has 1 rings (SSSR count). The van der Waals surface area contributed by atoms with Crippen LogP contribution >= 0.6 is 0 Å². The monoisotopic (exact) mass is 236 g/mol. The predicted octanol–water partition coefficient (Wildman–Crippen LogP) is 1.96. The first-order valence-corrected chi connectivity index (χ1v) is 5.43. The second-order valence-corrected chi connectivity index (χ2v) is 4.26. The highest BCUT2D eigenvalue weighted by molar-refractivity contribution is 5.79. The first-order chi connectivity index (χ1) is 7.91. The van der Waals surface area contributed by atoms with E-state index in [-0.39, 0.29) is 6.42 Å². The zero-order chi connectivity index (χ0) is 13.0. The van der Waals surface area contributed by atoms with Gasteiger partial charge in [-0.05, 0) is 18.9 Å². The molecule has 0 heterocycles. The Bertz CT molecular complexity index is 408. The number of aliphatic carboxylic acids is 2. The number of carboxylic acids is 2. The second-order valence-electron chi connectivity index (χ2n) is 4.26. The van der Waals surface area contributed by atoms with Crippen molar-refractivity contribution in [2.24, 2.45) is 11.8 Å². The fourth-order valence-corrected chi connectivity index (χ4v) is 1.63. The third-order valence-corrected chi connectivity index (χ3v) is 2.89. The molecule has 0 aliphatic rings.